The van der Waals surface area contributed by atoms with E-state index in [9.17, 15) is 14.7 Å². The van der Waals surface area contributed by atoms with Crippen LogP contribution < -0.4 is 16.8 Å². The van der Waals surface area contributed by atoms with Gasteiger partial charge in [-0.1, -0.05) is 25.1 Å². The Morgan fingerprint density at radius 3 is 2.60 bits per heavy atom. The number of rotatable bonds is 8. The lowest BCUT2D eigenvalue weighted by atomic mass is 9.89. The first-order chi connectivity index (χ1) is 16.8. The number of amides is 2. The van der Waals surface area contributed by atoms with Crippen LogP contribution in [-0.2, 0) is 16.2 Å². The van der Waals surface area contributed by atoms with E-state index < -0.39 is 0 Å². The molecule has 1 fully saturated rings. The quantitative estimate of drug-likeness (QED) is 0.340. The van der Waals surface area contributed by atoms with Crippen LogP contribution in [0.5, 0.6) is 0 Å². The lowest BCUT2D eigenvalue weighted by Crippen LogP contribution is -2.46. The Kier molecular flexibility index (Phi) is 7.48. The number of hydroxylamine groups is 2. The Morgan fingerprint density at radius 2 is 1.91 bits per heavy atom. The molecular formula is C26H31N5O4. The molecule has 6 N–H and O–H groups in total. The number of hydrogen-bond donors (Lipinski definition) is 4. The van der Waals surface area contributed by atoms with Crippen LogP contribution in [-0.4, -0.2) is 46.5 Å². The minimum atomic E-state index is -0.347. The number of aliphatic hydroxyl groups is 1. The molecule has 35 heavy (non-hydrogen) atoms. The van der Waals surface area contributed by atoms with Crippen LogP contribution in [0.15, 0.2) is 53.0 Å². The number of nitrogens with zero attached hydrogens (tertiary/aromatic N) is 2. The number of anilines is 1. The highest BCUT2D eigenvalue weighted by Gasteiger charge is 2.29. The molecule has 4 rings (SSSR count). The second-order valence-electron chi connectivity index (χ2n) is 8.94. The predicted octanol–water partition coefficient (Wildman–Crippen LogP) is 2.67. The smallest absolute Gasteiger partial charge is 0.273 e. The fourth-order valence-electron chi connectivity index (χ4n) is 4.00. The third kappa shape index (κ3) is 6.06. The van der Waals surface area contributed by atoms with Crippen LogP contribution in [0.1, 0.15) is 54.1 Å². The van der Waals surface area contributed by atoms with E-state index in [1.54, 1.807) is 36.4 Å². The first-order valence-electron chi connectivity index (χ1n) is 11.8. The molecule has 0 radical (unpaired) electrons. The number of nitrogen functional groups attached to an aromatic ring is 1. The van der Waals surface area contributed by atoms with Crippen molar-refractivity contribution < 1.29 is 19.5 Å². The molecule has 184 valence electrons. The zero-order chi connectivity index (χ0) is 24.9. The first-order valence-corrected chi connectivity index (χ1v) is 11.8. The van der Waals surface area contributed by atoms with Crippen molar-refractivity contribution in [1.82, 2.24) is 10.4 Å². The number of benzene rings is 2. The van der Waals surface area contributed by atoms with Crippen molar-refractivity contribution in [2.75, 3.05) is 12.3 Å². The Bertz CT molecular complexity index is 1150. The molecule has 2 aromatic carbocycles. The van der Waals surface area contributed by atoms with E-state index >= 15 is 0 Å². The van der Waals surface area contributed by atoms with Gasteiger partial charge in [0.2, 0.25) is 0 Å². The largest absolute Gasteiger partial charge is 0.399 e. The molecule has 0 atom stereocenters. The molecule has 1 aliphatic heterocycles. The monoisotopic (exact) mass is 477 g/mol. The molecular weight excluding hydrogens is 446 g/mol. The summed E-state index contributed by atoms with van der Waals surface area (Å²) in [5, 5.41) is 13.7. The average molecular weight is 478 g/mol. The van der Waals surface area contributed by atoms with Gasteiger partial charge in [-0.15, -0.1) is 0 Å². The maximum Gasteiger partial charge on any atom is 0.273 e. The molecule has 2 aliphatic rings. The summed E-state index contributed by atoms with van der Waals surface area (Å²) in [7, 11) is 0. The number of nitrogens with two attached hydrogens (primary N) is 2. The summed E-state index contributed by atoms with van der Waals surface area (Å²) in [6, 6.07) is 12.4. The summed E-state index contributed by atoms with van der Waals surface area (Å²) in [6.45, 7) is 2.62. The number of aliphatic hydroxyl groups excluding tert-OH is 1. The van der Waals surface area contributed by atoms with E-state index in [2.05, 4.69) is 10.3 Å². The van der Waals surface area contributed by atoms with Crippen molar-refractivity contribution in [3.05, 3.63) is 64.7 Å². The second-order valence-corrected chi connectivity index (χ2v) is 8.94. The molecule has 1 saturated carbocycles. The van der Waals surface area contributed by atoms with Gasteiger partial charge in [-0.2, -0.15) is 0 Å². The molecule has 0 aromatic heterocycles. The molecule has 9 nitrogen and oxygen atoms in total. The normalized spacial score (nSPS) is 18.9. The lowest BCUT2D eigenvalue weighted by molar-refractivity contribution is -0.187. The van der Waals surface area contributed by atoms with Crippen LogP contribution in [0.2, 0.25) is 0 Å². The van der Waals surface area contributed by atoms with Crippen LogP contribution in [0.25, 0.3) is 6.08 Å². The SMILES string of the molecule is CCCN(OCc1ccc(N)cc1)C(=O)C1=Cc2ccc(C(=O)N[C@H]3C[C@@H](O)C3)cc2N=C(N)C1. The molecule has 0 spiro atoms. The van der Waals surface area contributed by atoms with Crippen molar-refractivity contribution >= 4 is 35.1 Å². The minimum Gasteiger partial charge on any atom is -0.399 e. The summed E-state index contributed by atoms with van der Waals surface area (Å²) < 4.78 is 0. The van der Waals surface area contributed by atoms with Gasteiger partial charge in [0.05, 0.1) is 11.8 Å². The lowest BCUT2D eigenvalue weighted by Gasteiger charge is -2.31. The molecule has 0 unspecified atom stereocenters. The minimum absolute atomic E-state index is 0.0215. The molecule has 1 heterocycles. The second kappa shape index (κ2) is 10.7. The fraction of sp³-hybridized carbons (Fsp3) is 0.346. The van der Waals surface area contributed by atoms with Crippen molar-refractivity contribution in [2.24, 2.45) is 10.7 Å². The van der Waals surface area contributed by atoms with Crippen LogP contribution in [0, 0.1) is 0 Å². The number of hydrogen-bond acceptors (Lipinski definition) is 7. The van der Waals surface area contributed by atoms with Gasteiger partial charge in [0.15, 0.2) is 0 Å². The standard InChI is InChI=1S/C26H31N5O4/c1-2-9-31(35-15-16-3-7-20(27)8-4-16)26(34)19-10-17-5-6-18(11-23(17)30-24(28)12-19)25(33)29-21-13-22(32)14-21/h3-8,10-11,21-22,32H,2,9,12-15,27H2,1H3,(H2,28,30)(H,29,33)/t21-,22+. The highest BCUT2D eigenvalue weighted by molar-refractivity contribution is 6.05. The third-order valence-electron chi connectivity index (χ3n) is 6.00. The number of carbonyl (C=O) groups is 2. The summed E-state index contributed by atoms with van der Waals surface area (Å²) in [4.78, 5) is 36.2. The van der Waals surface area contributed by atoms with E-state index in [1.165, 1.54) is 5.06 Å². The van der Waals surface area contributed by atoms with Crippen molar-refractivity contribution in [3.8, 4) is 0 Å². The molecule has 0 saturated heterocycles. The number of nitrogens with one attached hydrogen (secondary N) is 1. The summed E-state index contributed by atoms with van der Waals surface area (Å²) in [5.41, 5.74) is 15.6. The summed E-state index contributed by atoms with van der Waals surface area (Å²) in [6.07, 6.45) is 3.41. The topological polar surface area (TPSA) is 143 Å². The van der Waals surface area contributed by atoms with Crippen LogP contribution in [0.4, 0.5) is 11.4 Å². The Morgan fingerprint density at radius 1 is 1.17 bits per heavy atom. The van der Waals surface area contributed by atoms with E-state index in [1.807, 2.05) is 19.1 Å². The average Bonchev–Trinajstić information content (AvgIpc) is 2.98. The summed E-state index contributed by atoms with van der Waals surface area (Å²) in [5.74, 6) is -0.232. The number of aliphatic imine (C=N–C) groups is 1. The van der Waals surface area contributed by atoms with Gasteiger partial charge in [-0.25, -0.2) is 10.1 Å². The molecule has 0 bridgehead atoms. The van der Waals surface area contributed by atoms with Gasteiger partial charge in [0.1, 0.15) is 12.4 Å². The van der Waals surface area contributed by atoms with E-state index in [4.69, 9.17) is 16.3 Å². The molecule has 9 heteroatoms. The number of fused-ring (bicyclic) bond motifs is 1. The fourth-order valence-corrected chi connectivity index (χ4v) is 4.00. The van der Waals surface area contributed by atoms with Gasteiger partial charge in [-0.05, 0) is 55.2 Å². The third-order valence-corrected chi connectivity index (χ3v) is 6.00. The highest BCUT2D eigenvalue weighted by Crippen LogP contribution is 2.29. The first kappa shape index (κ1) is 24.4. The Hall–Kier alpha value is -3.69. The van der Waals surface area contributed by atoms with Gasteiger partial charge in [0.25, 0.3) is 11.8 Å². The van der Waals surface area contributed by atoms with Crippen molar-refractivity contribution in [2.45, 2.75) is 51.4 Å². The van der Waals surface area contributed by atoms with E-state index in [0.717, 1.165) is 12.0 Å². The van der Waals surface area contributed by atoms with Crippen LogP contribution in [0.3, 0.4) is 0 Å². The van der Waals surface area contributed by atoms with Crippen molar-refractivity contribution in [1.29, 1.82) is 0 Å². The number of carbonyl (C=O) groups excluding carboxylic acids is 2. The molecule has 1 aliphatic carbocycles. The Balaban J connectivity index is 1.50. The highest BCUT2D eigenvalue weighted by atomic mass is 16.7. The van der Waals surface area contributed by atoms with Gasteiger partial charge in [-0.3, -0.25) is 14.4 Å². The van der Waals surface area contributed by atoms with Gasteiger partial charge in [0, 0.05) is 41.4 Å². The van der Waals surface area contributed by atoms with Crippen molar-refractivity contribution in [3.63, 3.8) is 0 Å². The maximum absolute atomic E-state index is 13.4. The zero-order valence-corrected chi connectivity index (χ0v) is 19.7. The predicted molar refractivity (Wildman–Crippen MR) is 134 cm³/mol. The van der Waals surface area contributed by atoms with Gasteiger partial charge >= 0.3 is 0 Å². The van der Waals surface area contributed by atoms with E-state index in [0.29, 0.717) is 47.5 Å². The zero-order valence-electron chi connectivity index (χ0n) is 19.7. The summed E-state index contributed by atoms with van der Waals surface area (Å²) >= 11 is 0. The molecule has 2 amide bonds. The Labute approximate surface area is 204 Å². The van der Waals surface area contributed by atoms with Crippen LogP contribution >= 0.6 is 0 Å². The number of amidine groups is 1. The maximum atomic E-state index is 13.4. The van der Waals surface area contributed by atoms with Gasteiger partial charge < -0.3 is 21.9 Å². The van der Waals surface area contributed by atoms with E-state index in [-0.39, 0.29) is 42.8 Å². The molecule has 2 aromatic rings.